The Balaban J connectivity index is 3.30. The molecule has 0 amide bonds. The van der Waals surface area contributed by atoms with Gasteiger partial charge < -0.3 is 5.11 Å². The molecular formula is C10H19ClO. The van der Waals surface area contributed by atoms with Gasteiger partial charge in [-0.25, -0.2) is 0 Å². The van der Waals surface area contributed by atoms with E-state index < -0.39 is 6.10 Å². The second kappa shape index (κ2) is 7.63. The second-order valence-electron chi connectivity index (χ2n) is 3.10. The Morgan fingerprint density at radius 2 is 2.08 bits per heavy atom. The van der Waals surface area contributed by atoms with Crippen molar-refractivity contribution < 1.29 is 5.11 Å². The normalized spacial score (nSPS) is 15.6. The van der Waals surface area contributed by atoms with Gasteiger partial charge in [0.2, 0.25) is 0 Å². The van der Waals surface area contributed by atoms with Gasteiger partial charge in [0.05, 0.1) is 11.5 Å². The molecule has 0 heterocycles. The zero-order valence-corrected chi connectivity index (χ0v) is 8.56. The lowest BCUT2D eigenvalue weighted by Gasteiger charge is -2.12. The van der Waals surface area contributed by atoms with Gasteiger partial charge in [-0.3, -0.25) is 0 Å². The van der Waals surface area contributed by atoms with Crippen molar-refractivity contribution in [2.75, 3.05) is 0 Å². The predicted molar refractivity (Wildman–Crippen MR) is 54.6 cm³/mol. The van der Waals surface area contributed by atoms with Gasteiger partial charge in [-0.15, -0.1) is 18.2 Å². The maximum Gasteiger partial charge on any atom is 0.0772 e. The average Bonchev–Trinajstić information content (AvgIpc) is 2.10. The van der Waals surface area contributed by atoms with E-state index in [0.717, 1.165) is 12.8 Å². The van der Waals surface area contributed by atoms with Gasteiger partial charge in [-0.2, -0.15) is 0 Å². The molecule has 2 atom stereocenters. The van der Waals surface area contributed by atoms with Gasteiger partial charge in [0.25, 0.3) is 0 Å². The minimum atomic E-state index is -0.416. The van der Waals surface area contributed by atoms with Gasteiger partial charge in [-0.1, -0.05) is 38.7 Å². The number of rotatable bonds is 7. The van der Waals surface area contributed by atoms with Crippen molar-refractivity contribution >= 4 is 11.6 Å². The van der Waals surface area contributed by atoms with Crippen molar-refractivity contribution in [3.05, 3.63) is 12.7 Å². The SMILES string of the molecule is C=C[C@@H](Cl)[C@@H](O)CCCCCC. The largest absolute Gasteiger partial charge is 0.391 e. The molecule has 72 valence electrons. The molecule has 0 rings (SSSR count). The molecule has 0 fully saturated rings. The number of aliphatic hydroxyl groups excluding tert-OH is 1. The smallest absolute Gasteiger partial charge is 0.0772 e. The molecule has 0 unspecified atom stereocenters. The number of halogens is 1. The van der Waals surface area contributed by atoms with Crippen molar-refractivity contribution in [1.29, 1.82) is 0 Å². The van der Waals surface area contributed by atoms with E-state index in [9.17, 15) is 5.11 Å². The molecule has 0 radical (unpaired) electrons. The summed E-state index contributed by atoms with van der Waals surface area (Å²) in [7, 11) is 0. The summed E-state index contributed by atoms with van der Waals surface area (Å²) >= 11 is 5.76. The first-order chi connectivity index (χ1) is 5.72. The highest BCUT2D eigenvalue weighted by Gasteiger charge is 2.11. The summed E-state index contributed by atoms with van der Waals surface area (Å²) in [6.07, 6.45) is 6.68. The molecule has 2 heteroatoms. The summed E-state index contributed by atoms with van der Waals surface area (Å²) in [5, 5.41) is 9.13. The van der Waals surface area contributed by atoms with E-state index in [1.807, 2.05) is 0 Å². The molecule has 0 aromatic heterocycles. The summed E-state index contributed by atoms with van der Waals surface area (Å²) in [4.78, 5) is 0. The quantitative estimate of drug-likeness (QED) is 0.372. The van der Waals surface area contributed by atoms with Crippen LogP contribution in [0.1, 0.15) is 39.0 Å². The van der Waals surface area contributed by atoms with Crippen LogP contribution in [0.25, 0.3) is 0 Å². The highest BCUT2D eigenvalue weighted by atomic mass is 35.5. The van der Waals surface area contributed by atoms with Gasteiger partial charge >= 0.3 is 0 Å². The number of aliphatic hydroxyl groups is 1. The van der Waals surface area contributed by atoms with Gasteiger partial charge in [-0.05, 0) is 6.42 Å². The first kappa shape index (κ1) is 12.0. The number of alkyl halides is 1. The molecule has 0 aromatic carbocycles. The maximum absolute atomic E-state index is 9.41. The van der Waals surface area contributed by atoms with Crippen molar-refractivity contribution in [2.24, 2.45) is 0 Å². The first-order valence-corrected chi connectivity index (χ1v) is 5.10. The third kappa shape index (κ3) is 5.62. The molecule has 0 aliphatic rings. The van der Waals surface area contributed by atoms with Crippen molar-refractivity contribution in [3.63, 3.8) is 0 Å². The molecule has 12 heavy (non-hydrogen) atoms. The molecule has 0 aliphatic heterocycles. The van der Waals surface area contributed by atoms with Gasteiger partial charge in [0.15, 0.2) is 0 Å². The predicted octanol–water partition coefficient (Wildman–Crippen LogP) is 3.11. The second-order valence-corrected chi connectivity index (χ2v) is 3.60. The van der Waals surface area contributed by atoms with Crippen LogP contribution in [0.5, 0.6) is 0 Å². The molecule has 0 saturated heterocycles. The van der Waals surface area contributed by atoms with Crippen LogP contribution >= 0.6 is 11.6 Å². The summed E-state index contributed by atoms with van der Waals surface area (Å²) in [6, 6.07) is 0. The Hall–Kier alpha value is -0.0100. The topological polar surface area (TPSA) is 20.2 Å². The fourth-order valence-corrected chi connectivity index (χ4v) is 1.22. The number of hydrogen-bond donors (Lipinski definition) is 1. The summed E-state index contributed by atoms with van der Waals surface area (Å²) < 4.78 is 0. The molecule has 0 aliphatic carbocycles. The summed E-state index contributed by atoms with van der Waals surface area (Å²) in [5.41, 5.74) is 0. The van der Waals surface area contributed by atoms with Crippen LogP contribution in [0, 0.1) is 0 Å². The standard InChI is InChI=1S/C10H19ClO/c1-3-5-6-7-8-10(12)9(11)4-2/h4,9-10,12H,2-3,5-8H2,1H3/t9-,10+/m1/s1. The summed E-state index contributed by atoms with van der Waals surface area (Å²) in [5.74, 6) is 0. The van der Waals surface area contributed by atoms with Gasteiger partial charge in [0.1, 0.15) is 0 Å². The van der Waals surface area contributed by atoms with Crippen LogP contribution < -0.4 is 0 Å². The van der Waals surface area contributed by atoms with Crippen LogP contribution in [-0.4, -0.2) is 16.6 Å². The van der Waals surface area contributed by atoms with Crippen molar-refractivity contribution in [1.82, 2.24) is 0 Å². The highest BCUT2D eigenvalue weighted by Crippen LogP contribution is 2.12. The van der Waals surface area contributed by atoms with Crippen LogP contribution in [0.15, 0.2) is 12.7 Å². The third-order valence-electron chi connectivity index (χ3n) is 1.95. The molecule has 1 N–H and O–H groups in total. The van der Waals surface area contributed by atoms with E-state index in [-0.39, 0.29) is 5.38 Å². The highest BCUT2D eigenvalue weighted by molar-refractivity contribution is 6.22. The van der Waals surface area contributed by atoms with Crippen molar-refractivity contribution in [2.45, 2.75) is 50.5 Å². The molecule has 1 nitrogen and oxygen atoms in total. The average molecular weight is 191 g/mol. The fourth-order valence-electron chi connectivity index (χ4n) is 1.10. The number of unbranched alkanes of at least 4 members (excludes halogenated alkanes) is 3. The fraction of sp³-hybridized carbons (Fsp3) is 0.800. The zero-order valence-electron chi connectivity index (χ0n) is 7.80. The lowest BCUT2D eigenvalue weighted by molar-refractivity contribution is 0.167. The van der Waals surface area contributed by atoms with Crippen LogP contribution in [0.3, 0.4) is 0 Å². The van der Waals surface area contributed by atoms with Crippen LogP contribution in [0.4, 0.5) is 0 Å². The zero-order chi connectivity index (χ0) is 9.40. The van der Waals surface area contributed by atoms with E-state index in [2.05, 4.69) is 13.5 Å². The minimum Gasteiger partial charge on any atom is -0.391 e. The van der Waals surface area contributed by atoms with Crippen molar-refractivity contribution in [3.8, 4) is 0 Å². The molecule has 0 spiro atoms. The van der Waals surface area contributed by atoms with E-state index in [4.69, 9.17) is 11.6 Å². The van der Waals surface area contributed by atoms with E-state index >= 15 is 0 Å². The Bertz CT molecular complexity index is 114. The monoisotopic (exact) mass is 190 g/mol. The first-order valence-electron chi connectivity index (χ1n) is 4.67. The lowest BCUT2D eigenvalue weighted by atomic mass is 10.1. The Morgan fingerprint density at radius 3 is 2.58 bits per heavy atom. The third-order valence-corrected chi connectivity index (χ3v) is 2.42. The van der Waals surface area contributed by atoms with E-state index in [1.165, 1.54) is 19.3 Å². The molecule has 0 saturated carbocycles. The van der Waals surface area contributed by atoms with E-state index in [1.54, 1.807) is 6.08 Å². The Labute approximate surface area is 80.4 Å². The minimum absolute atomic E-state index is 0.286. The van der Waals surface area contributed by atoms with Crippen LogP contribution in [-0.2, 0) is 0 Å². The van der Waals surface area contributed by atoms with Crippen LogP contribution in [0.2, 0.25) is 0 Å². The Kier molecular flexibility index (Phi) is 7.62. The number of hydrogen-bond acceptors (Lipinski definition) is 1. The lowest BCUT2D eigenvalue weighted by Crippen LogP contribution is -2.18. The summed E-state index contributed by atoms with van der Waals surface area (Å²) in [6.45, 7) is 5.71. The Morgan fingerprint density at radius 1 is 1.42 bits per heavy atom. The molecule has 0 aromatic rings. The van der Waals surface area contributed by atoms with E-state index in [0.29, 0.717) is 0 Å². The molecule has 0 bridgehead atoms. The maximum atomic E-state index is 9.41. The molecular weight excluding hydrogens is 172 g/mol. The van der Waals surface area contributed by atoms with Gasteiger partial charge in [0, 0.05) is 0 Å².